The molecule has 20 heavy (non-hydrogen) atoms. The SMILES string of the molecule is CCC1CCC(N2C(=O)c3cccc(N)c3C2=O)CC1. The Morgan fingerprint density at radius 2 is 1.85 bits per heavy atom. The van der Waals surface area contributed by atoms with E-state index >= 15 is 0 Å². The lowest BCUT2D eigenvalue weighted by atomic mass is 9.84. The van der Waals surface area contributed by atoms with E-state index in [0.717, 1.165) is 31.6 Å². The van der Waals surface area contributed by atoms with Crippen LogP contribution in [0.3, 0.4) is 0 Å². The number of fused-ring (bicyclic) bond motifs is 1. The average molecular weight is 272 g/mol. The standard InChI is InChI=1S/C16H20N2O2/c1-2-10-6-8-11(9-7-10)18-15(19)12-4-3-5-13(17)14(12)16(18)20/h3-5,10-11H,2,6-9,17H2,1H3. The fourth-order valence-corrected chi connectivity index (χ4v) is 3.47. The lowest BCUT2D eigenvalue weighted by Gasteiger charge is -2.33. The zero-order valence-corrected chi connectivity index (χ0v) is 11.8. The molecule has 4 heteroatoms. The maximum absolute atomic E-state index is 12.5. The third-order valence-corrected chi connectivity index (χ3v) is 4.74. The molecule has 0 unspecified atom stereocenters. The number of nitrogens with two attached hydrogens (primary N) is 1. The van der Waals surface area contributed by atoms with Gasteiger partial charge in [-0.2, -0.15) is 0 Å². The number of amides is 2. The van der Waals surface area contributed by atoms with Crippen LogP contribution < -0.4 is 5.73 Å². The fraction of sp³-hybridized carbons (Fsp3) is 0.500. The van der Waals surface area contributed by atoms with E-state index in [1.54, 1.807) is 18.2 Å². The van der Waals surface area contributed by atoms with Crippen molar-refractivity contribution >= 4 is 17.5 Å². The van der Waals surface area contributed by atoms with Gasteiger partial charge in [0.05, 0.1) is 11.1 Å². The van der Waals surface area contributed by atoms with Gasteiger partial charge in [-0.3, -0.25) is 14.5 Å². The summed E-state index contributed by atoms with van der Waals surface area (Å²) in [5.74, 6) is 0.367. The van der Waals surface area contributed by atoms with Gasteiger partial charge in [0.25, 0.3) is 11.8 Å². The minimum atomic E-state index is -0.206. The van der Waals surface area contributed by atoms with Gasteiger partial charge in [-0.1, -0.05) is 19.4 Å². The number of benzene rings is 1. The number of nitrogen functional groups attached to an aromatic ring is 1. The van der Waals surface area contributed by atoms with Crippen molar-refractivity contribution in [3.05, 3.63) is 29.3 Å². The Kier molecular flexibility index (Phi) is 3.24. The van der Waals surface area contributed by atoms with E-state index in [-0.39, 0.29) is 17.9 Å². The molecule has 0 radical (unpaired) electrons. The first-order valence-electron chi connectivity index (χ1n) is 7.39. The van der Waals surface area contributed by atoms with Gasteiger partial charge in [-0.25, -0.2) is 0 Å². The highest BCUT2D eigenvalue weighted by Crippen LogP contribution is 2.35. The Labute approximate surface area is 118 Å². The summed E-state index contributed by atoms with van der Waals surface area (Å²) in [7, 11) is 0. The van der Waals surface area contributed by atoms with Gasteiger partial charge in [-0.15, -0.1) is 0 Å². The van der Waals surface area contributed by atoms with Crippen molar-refractivity contribution in [2.24, 2.45) is 5.92 Å². The van der Waals surface area contributed by atoms with Crippen molar-refractivity contribution < 1.29 is 9.59 Å². The van der Waals surface area contributed by atoms with Gasteiger partial charge in [0.1, 0.15) is 0 Å². The molecule has 0 atom stereocenters. The molecule has 0 saturated heterocycles. The van der Waals surface area contributed by atoms with Crippen LogP contribution in [0, 0.1) is 5.92 Å². The highest BCUT2D eigenvalue weighted by atomic mass is 16.2. The van der Waals surface area contributed by atoms with Crippen molar-refractivity contribution in [3.63, 3.8) is 0 Å². The van der Waals surface area contributed by atoms with E-state index in [1.807, 2.05) is 0 Å². The van der Waals surface area contributed by atoms with E-state index in [1.165, 1.54) is 11.3 Å². The van der Waals surface area contributed by atoms with Crippen molar-refractivity contribution in [2.75, 3.05) is 5.73 Å². The molecule has 1 aliphatic heterocycles. The Morgan fingerprint density at radius 3 is 2.45 bits per heavy atom. The van der Waals surface area contributed by atoms with Crippen LogP contribution in [0.1, 0.15) is 59.7 Å². The number of nitrogens with zero attached hydrogens (tertiary/aromatic N) is 1. The molecule has 1 heterocycles. The monoisotopic (exact) mass is 272 g/mol. The van der Waals surface area contributed by atoms with Crippen LogP contribution in [-0.4, -0.2) is 22.8 Å². The average Bonchev–Trinajstić information content (AvgIpc) is 2.72. The molecular weight excluding hydrogens is 252 g/mol. The van der Waals surface area contributed by atoms with Crippen LogP contribution in [0.5, 0.6) is 0 Å². The second-order valence-corrected chi connectivity index (χ2v) is 5.83. The van der Waals surface area contributed by atoms with Gasteiger partial charge in [0, 0.05) is 11.7 Å². The summed E-state index contributed by atoms with van der Waals surface area (Å²) in [6.07, 6.45) is 5.23. The normalized spacial score (nSPS) is 25.9. The first-order valence-corrected chi connectivity index (χ1v) is 7.39. The fourth-order valence-electron chi connectivity index (χ4n) is 3.47. The van der Waals surface area contributed by atoms with Gasteiger partial charge >= 0.3 is 0 Å². The largest absolute Gasteiger partial charge is 0.398 e. The number of hydrogen-bond donors (Lipinski definition) is 1. The Hall–Kier alpha value is -1.84. The molecule has 1 aromatic carbocycles. The van der Waals surface area contributed by atoms with Crippen LogP contribution in [0.2, 0.25) is 0 Å². The van der Waals surface area contributed by atoms with E-state index in [4.69, 9.17) is 5.73 Å². The summed E-state index contributed by atoms with van der Waals surface area (Å²) in [4.78, 5) is 26.4. The van der Waals surface area contributed by atoms with Crippen LogP contribution in [0.15, 0.2) is 18.2 Å². The zero-order valence-electron chi connectivity index (χ0n) is 11.8. The highest BCUT2D eigenvalue weighted by molar-refractivity contribution is 6.23. The topological polar surface area (TPSA) is 63.4 Å². The Bertz CT molecular complexity index is 560. The third-order valence-electron chi connectivity index (χ3n) is 4.74. The molecule has 0 bridgehead atoms. The minimum Gasteiger partial charge on any atom is -0.398 e. The van der Waals surface area contributed by atoms with Crippen LogP contribution in [-0.2, 0) is 0 Å². The predicted molar refractivity (Wildman–Crippen MR) is 77.4 cm³/mol. The molecule has 1 fully saturated rings. The molecule has 0 spiro atoms. The summed E-state index contributed by atoms with van der Waals surface area (Å²) < 4.78 is 0. The number of carbonyl (C=O) groups is 2. The van der Waals surface area contributed by atoms with Crippen LogP contribution >= 0.6 is 0 Å². The summed E-state index contributed by atoms with van der Waals surface area (Å²) in [5.41, 5.74) is 7.13. The van der Waals surface area contributed by atoms with Gasteiger partial charge in [0.2, 0.25) is 0 Å². The number of anilines is 1. The lowest BCUT2D eigenvalue weighted by Crippen LogP contribution is -2.42. The smallest absolute Gasteiger partial charge is 0.263 e. The van der Waals surface area contributed by atoms with Crippen LogP contribution in [0.25, 0.3) is 0 Å². The molecule has 3 rings (SSSR count). The minimum absolute atomic E-state index is 0.0459. The Balaban J connectivity index is 1.86. The predicted octanol–water partition coefficient (Wildman–Crippen LogP) is 2.83. The van der Waals surface area contributed by atoms with Gasteiger partial charge in [0.15, 0.2) is 0 Å². The first kappa shape index (κ1) is 13.2. The quantitative estimate of drug-likeness (QED) is 0.665. The first-order chi connectivity index (χ1) is 9.63. The molecule has 1 aliphatic carbocycles. The molecule has 1 saturated carbocycles. The zero-order chi connectivity index (χ0) is 14.3. The summed E-state index contributed by atoms with van der Waals surface area (Å²) in [6.45, 7) is 2.20. The van der Waals surface area contributed by atoms with Crippen LogP contribution in [0.4, 0.5) is 5.69 Å². The number of carbonyl (C=O) groups excluding carboxylic acids is 2. The van der Waals surface area contributed by atoms with Crippen molar-refractivity contribution in [1.82, 2.24) is 4.90 Å². The number of hydrogen-bond acceptors (Lipinski definition) is 3. The third kappa shape index (κ3) is 1.90. The molecule has 106 valence electrons. The highest BCUT2D eigenvalue weighted by Gasteiger charge is 2.41. The number of rotatable bonds is 2. The molecule has 0 aromatic heterocycles. The maximum atomic E-state index is 12.5. The molecule has 1 aromatic rings. The van der Waals surface area contributed by atoms with Crippen molar-refractivity contribution in [1.29, 1.82) is 0 Å². The van der Waals surface area contributed by atoms with Crippen molar-refractivity contribution in [3.8, 4) is 0 Å². The van der Waals surface area contributed by atoms with Gasteiger partial charge < -0.3 is 5.73 Å². The molecule has 2 aliphatic rings. The molecule has 2 N–H and O–H groups in total. The summed E-state index contributed by atoms with van der Waals surface area (Å²) in [6, 6.07) is 5.16. The molecule has 4 nitrogen and oxygen atoms in total. The second-order valence-electron chi connectivity index (χ2n) is 5.83. The Morgan fingerprint density at radius 1 is 1.15 bits per heavy atom. The molecular formula is C16H20N2O2. The summed E-state index contributed by atoms with van der Waals surface area (Å²) in [5, 5.41) is 0. The lowest BCUT2D eigenvalue weighted by molar-refractivity contribution is 0.0529. The van der Waals surface area contributed by atoms with E-state index in [2.05, 4.69) is 6.92 Å². The van der Waals surface area contributed by atoms with Gasteiger partial charge in [-0.05, 0) is 43.7 Å². The second kappa shape index (κ2) is 4.93. The van der Waals surface area contributed by atoms with E-state index < -0.39 is 0 Å². The molecule has 2 amide bonds. The van der Waals surface area contributed by atoms with E-state index in [9.17, 15) is 9.59 Å². The van der Waals surface area contributed by atoms with E-state index in [0.29, 0.717) is 16.8 Å². The summed E-state index contributed by atoms with van der Waals surface area (Å²) >= 11 is 0. The maximum Gasteiger partial charge on any atom is 0.263 e. The van der Waals surface area contributed by atoms with Crippen molar-refractivity contribution in [2.45, 2.75) is 45.1 Å². The number of imide groups is 1.